The summed E-state index contributed by atoms with van der Waals surface area (Å²) in [5, 5.41) is 16.9. The van der Waals surface area contributed by atoms with Crippen LogP contribution in [0, 0.1) is 5.92 Å². The maximum atomic E-state index is 12.7. The van der Waals surface area contributed by atoms with Crippen LogP contribution in [0.25, 0.3) is 0 Å². The molecule has 1 saturated carbocycles. The molecule has 1 atom stereocenters. The largest absolute Gasteiger partial charge is 0.481 e. The molecule has 0 bridgehead atoms. The maximum Gasteiger partial charge on any atom is 0.308 e. The lowest BCUT2D eigenvalue weighted by Crippen LogP contribution is -2.34. The van der Waals surface area contributed by atoms with E-state index in [2.05, 4.69) is 10.4 Å². The smallest absolute Gasteiger partial charge is 0.308 e. The molecule has 2 N–H and O–H groups in total. The van der Waals surface area contributed by atoms with E-state index in [1.54, 1.807) is 10.9 Å². The first-order valence-corrected chi connectivity index (χ1v) is 9.63. The Morgan fingerprint density at radius 3 is 2.59 bits per heavy atom. The van der Waals surface area contributed by atoms with Gasteiger partial charge in [0.05, 0.1) is 17.2 Å². The molecule has 1 aromatic carbocycles. The van der Waals surface area contributed by atoms with Crippen LogP contribution >= 0.6 is 0 Å². The summed E-state index contributed by atoms with van der Waals surface area (Å²) in [5.41, 5.74) is 2.38. The Morgan fingerprint density at radius 2 is 1.93 bits per heavy atom. The van der Waals surface area contributed by atoms with Crippen molar-refractivity contribution >= 4 is 11.9 Å². The fourth-order valence-electron chi connectivity index (χ4n) is 3.81. The van der Waals surface area contributed by atoms with E-state index in [0.717, 1.165) is 24.1 Å². The predicted octanol–water partition coefficient (Wildman–Crippen LogP) is 3.14. The zero-order valence-electron chi connectivity index (χ0n) is 15.7. The third-order valence-electron chi connectivity index (χ3n) is 5.28. The van der Waals surface area contributed by atoms with Gasteiger partial charge in [0.25, 0.3) is 5.91 Å². The second-order valence-corrected chi connectivity index (χ2v) is 7.37. The highest BCUT2D eigenvalue weighted by molar-refractivity contribution is 5.95. The Balaban J connectivity index is 1.66. The molecule has 1 amide bonds. The molecule has 1 fully saturated rings. The Morgan fingerprint density at radius 1 is 1.22 bits per heavy atom. The zero-order valence-corrected chi connectivity index (χ0v) is 15.7. The number of carboxylic acids is 1. The third kappa shape index (κ3) is 4.96. The first-order valence-electron chi connectivity index (χ1n) is 9.63. The Bertz CT molecular complexity index is 779. The molecule has 2 aromatic rings. The van der Waals surface area contributed by atoms with Gasteiger partial charge in [-0.15, -0.1) is 0 Å². The van der Waals surface area contributed by atoms with E-state index in [-0.39, 0.29) is 12.5 Å². The van der Waals surface area contributed by atoms with Gasteiger partial charge in [0.2, 0.25) is 0 Å². The van der Waals surface area contributed by atoms with Crippen molar-refractivity contribution in [1.82, 2.24) is 15.1 Å². The average molecular weight is 369 g/mol. The van der Waals surface area contributed by atoms with Gasteiger partial charge >= 0.3 is 5.97 Å². The van der Waals surface area contributed by atoms with Crippen molar-refractivity contribution < 1.29 is 14.7 Å². The fourth-order valence-corrected chi connectivity index (χ4v) is 3.81. The molecule has 0 spiro atoms. The van der Waals surface area contributed by atoms with E-state index in [4.69, 9.17) is 0 Å². The van der Waals surface area contributed by atoms with Crippen molar-refractivity contribution in [2.75, 3.05) is 6.54 Å². The van der Waals surface area contributed by atoms with Crippen LogP contribution in [0.1, 0.15) is 59.6 Å². The van der Waals surface area contributed by atoms with E-state index >= 15 is 0 Å². The van der Waals surface area contributed by atoms with Crippen LogP contribution < -0.4 is 5.32 Å². The SMILES string of the molecule is Cn1cc(C(=O)NCC(Cc2ccccc2)C(=O)O)c(C2CCCCC2)n1. The molecule has 6 heteroatoms. The van der Waals surface area contributed by atoms with Gasteiger partial charge in [-0.1, -0.05) is 49.6 Å². The lowest BCUT2D eigenvalue weighted by atomic mass is 9.85. The van der Waals surface area contributed by atoms with Crippen LogP contribution in [0.2, 0.25) is 0 Å². The van der Waals surface area contributed by atoms with Gasteiger partial charge in [-0.3, -0.25) is 14.3 Å². The third-order valence-corrected chi connectivity index (χ3v) is 5.28. The number of aryl methyl sites for hydroxylation is 1. The molecule has 1 aromatic heterocycles. The van der Waals surface area contributed by atoms with Gasteiger partial charge < -0.3 is 10.4 Å². The number of rotatable bonds is 7. The van der Waals surface area contributed by atoms with Gasteiger partial charge in [0, 0.05) is 25.7 Å². The number of hydrogen-bond donors (Lipinski definition) is 2. The second kappa shape index (κ2) is 8.84. The van der Waals surface area contributed by atoms with Crippen LogP contribution in [-0.2, 0) is 18.3 Å². The quantitative estimate of drug-likeness (QED) is 0.785. The molecule has 144 valence electrons. The highest BCUT2D eigenvalue weighted by Gasteiger charge is 2.26. The van der Waals surface area contributed by atoms with Gasteiger partial charge in [0.1, 0.15) is 0 Å². The topological polar surface area (TPSA) is 84.2 Å². The number of aromatic nitrogens is 2. The highest BCUT2D eigenvalue weighted by atomic mass is 16.4. The van der Waals surface area contributed by atoms with Crippen molar-refractivity contribution in [1.29, 1.82) is 0 Å². The summed E-state index contributed by atoms with van der Waals surface area (Å²) in [6, 6.07) is 9.48. The van der Waals surface area contributed by atoms with Gasteiger partial charge in [-0.25, -0.2) is 0 Å². The predicted molar refractivity (Wildman–Crippen MR) is 103 cm³/mol. The molecule has 1 aliphatic carbocycles. The molecule has 1 heterocycles. The molecule has 1 aliphatic rings. The summed E-state index contributed by atoms with van der Waals surface area (Å²) in [7, 11) is 1.82. The van der Waals surface area contributed by atoms with E-state index in [9.17, 15) is 14.7 Å². The second-order valence-electron chi connectivity index (χ2n) is 7.37. The summed E-state index contributed by atoms with van der Waals surface area (Å²) in [6.07, 6.45) is 7.82. The van der Waals surface area contributed by atoms with Crippen molar-refractivity contribution in [3.05, 3.63) is 53.3 Å². The number of carbonyl (C=O) groups excluding carboxylic acids is 1. The van der Waals surface area contributed by atoms with Gasteiger partial charge in [0.15, 0.2) is 0 Å². The monoisotopic (exact) mass is 369 g/mol. The summed E-state index contributed by atoms with van der Waals surface area (Å²) >= 11 is 0. The highest BCUT2D eigenvalue weighted by Crippen LogP contribution is 2.33. The van der Waals surface area contributed by atoms with E-state index in [0.29, 0.717) is 17.9 Å². The van der Waals surface area contributed by atoms with Crippen LogP contribution in [0.5, 0.6) is 0 Å². The summed E-state index contributed by atoms with van der Waals surface area (Å²) < 4.78 is 1.68. The molecule has 27 heavy (non-hydrogen) atoms. The van der Waals surface area contributed by atoms with E-state index in [1.807, 2.05) is 37.4 Å². The van der Waals surface area contributed by atoms with Crippen LogP contribution in [0.15, 0.2) is 36.5 Å². The van der Waals surface area contributed by atoms with E-state index < -0.39 is 11.9 Å². The standard InChI is InChI=1S/C21H27N3O3/c1-24-14-18(19(23-24)16-10-6-3-7-11-16)20(25)22-13-17(21(26)27)12-15-8-4-2-5-9-15/h2,4-5,8-9,14,16-17H,3,6-7,10-13H2,1H3,(H,22,25)(H,26,27). The van der Waals surface area contributed by atoms with Gasteiger partial charge in [-0.2, -0.15) is 5.10 Å². The Labute approximate surface area is 159 Å². The molecule has 0 radical (unpaired) electrons. The van der Waals surface area contributed by atoms with Gasteiger partial charge in [-0.05, 0) is 24.8 Å². The van der Waals surface area contributed by atoms with Crippen molar-refractivity contribution in [3.63, 3.8) is 0 Å². The molecule has 0 saturated heterocycles. The van der Waals surface area contributed by atoms with E-state index in [1.165, 1.54) is 19.3 Å². The van der Waals surface area contributed by atoms with Crippen molar-refractivity contribution in [2.45, 2.75) is 44.4 Å². The lowest BCUT2D eigenvalue weighted by Gasteiger charge is -2.21. The Hall–Kier alpha value is -2.63. The first kappa shape index (κ1) is 19.1. The minimum absolute atomic E-state index is 0.0993. The number of carboxylic acid groups (broad SMARTS) is 1. The van der Waals surface area contributed by atoms with Crippen molar-refractivity contribution in [2.24, 2.45) is 13.0 Å². The fraction of sp³-hybridized carbons (Fsp3) is 0.476. The molecule has 6 nitrogen and oxygen atoms in total. The van der Waals surface area contributed by atoms with Crippen LogP contribution in [0.4, 0.5) is 0 Å². The number of aliphatic carboxylic acids is 1. The molecule has 1 unspecified atom stereocenters. The number of carbonyl (C=O) groups is 2. The maximum absolute atomic E-state index is 12.7. The normalized spacial score (nSPS) is 16.0. The molecule has 3 rings (SSSR count). The zero-order chi connectivity index (χ0) is 19.2. The first-order chi connectivity index (χ1) is 13.0. The summed E-state index contributed by atoms with van der Waals surface area (Å²) in [5.74, 6) is -1.48. The summed E-state index contributed by atoms with van der Waals surface area (Å²) in [4.78, 5) is 24.3. The average Bonchev–Trinajstić information content (AvgIpc) is 3.08. The lowest BCUT2D eigenvalue weighted by molar-refractivity contribution is -0.141. The summed E-state index contributed by atoms with van der Waals surface area (Å²) in [6.45, 7) is 0.0993. The number of nitrogens with zero attached hydrogens (tertiary/aromatic N) is 2. The molecule has 0 aliphatic heterocycles. The number of hydrogen-bond acceptors (Lipinski definition) is 3. The van der Waals surface area contributed by atoms with Crippen LogP contribution in [0.3, 0.4) is 0 Å². The van der Waals surface area contributed by atoms with Crippen LogP contribution in [-0.4, -0.2) is 33.3 Å². The Kier molecular flexibility index (Phi) is 6.27. The number of amides is 1. The minimum Gasteiger partial charge on any atom is -0.481 e. The number of benzene rings is 1. The van der Waals surface area contributed by atoms with Crippen molar-refractivity contribution in [3.8, 4) is 0 Å². The number of nitrogens with one attached hydrogen (secondary N) is 1. The molecular weight excluding hydrogens is 342 g/mol. The minimum atomic E-state index is -0.905. The molecular formula is C21H27N3O3.